The van der Waals surface area contributed by atoms with Gasteiger partial charge in [-0.15, -0.1) is 11.3 Å². The first-order chi connectivity index (χ1) is 11.2. The van der Waals surface area contributed by atoms with E-state index in [1.165, 1.54) is 17.4 Å². The van der Waals surface area contributed by atoms with Crippen molar-refractivity contribution in [3.63, 3.8) is 0 Å². The van der Waals surface area contributed by atoms with Crippen molar-refractivity contribution in [1.29, 1.82) is 0 Å². The van der Waals surface area contributed by atoms with E-state index >= 15 is 0 Å². The van der Waals surface area contributed by atoms with Crippen LogP contribution in [-0.2, 0) is 9.53 Å². The van der Waals surface area contributed by atoms with Gasteiger partial charge in [0.15, 0.2) is 11.5 Å². The normalized spacial score (nSPS) is 14.8. The fraction of sp³-hybridized carbons (Fsp3) is 0.250. The zero-order valence-corrected chi connectivity index (χ0v) is 13.3. The van der Waals surface area contributed by atoms with E-state index in [2.05, 4.69) is 4.98 Å². The van der Waals surface area contributed by atoms with Crippen LogP contribution in [-0.4, -0.2) is 30.8 Å². The van der Waals surface area contributed by atoms with Gasteiger partial charge < -0.3 is 19.2 Å². The summed E-state index contributed by atoms with van der Waals surface area (Å²) >= 11 is 1.19. The lowest BCUT2D eigenvalue weighted by molar-refractivity contribution is -0.135. The fourth-order valence-corrected chi connectivity index (χ4v) is 2.99. The van der Waals surface area contributed by atoms with Crippen LogP contribution in [0.2, 0.25) is 0 Å². The van der Waals surface area contributed by atoms with Crippen molar-refractivity contribution < 1.29 is 19.0 Å². The molecule has 0 bridgehead atoms. The summed E-state index contributed by atoms with van der Waals surface area (Å²) < 4.78 is 16.8. The summed E-state index contributed by atoms with van der Waals surface area (Å²) in [5, 5.41) is 0. The van der Waals surface area contributed by atoms with E-state index < -0.39 is 5.97 Å². The highest BCUT2D eigenvalue weighted by atomic mass is 32.1. The Kier molecular flexibility index (Phi) is 4.47. The summed E-state index contributed by atoms with van der Waals surface area (Å²) in [5.41, 5.74) is 0.574. The Balaban J connectivity index is 1.95. The van der Waals surface area contributed by atoms with Gasteiger partial charge in [0, 0.05) is 0 Å². The molecule has 0 saturated carbocycles. The summed E-state index contributed by atoms with van der Waals surface area (Å²) in [4.78, 5) is 26.0. The van der Waals surface area contributed by atoms with Crippen molar-refractivity contribution in [3.05, 3.63) is 43.3 Å². The van der Waals surface area contributed by atoms with Crippen molar-refractivity contribution in [2.75, 3.05) is 19.8 Å². The number of hydrogen-bond acceptors (Lipinski definition) is 6. The molecule has 2 heterocycles. The average molecular weight is 333 g/mol. The summed E-state index contributed by atoms with van der Waals surface area (Å²) in [5.74, 6) is 0.886. The van der Waals surface area contributed by atoms with Crippen LogP contribution < -0.4 is 24.2 Å². The van der Waals surface area contributed by atoms with E-state index in [0.717, 1.165) is 5.56 Å². The van der Waals surface area contributed by atoms with Crippen LogP contribution in [0, 0.1) is 0 Å². The van der Waals surface area contributed by atoms with Crippen LogP contribution in [0.15, 0.2) is 23.0 Å². The second-order valence-corrected chi connectivity index (χ2v) is 5.81. The number of nitrogens with one attached hydrogen (secondary N) is 1. The Morgan fingerprint density at radius 3 is 2.91 bits per heavy atom. The summed E-state index contributed by atoms with van der Waals surface area (Å²) in [6.45, 7) is 3.06. The van der Waals surface area contributed by atoms with Gasteiger partial charge in [-0.3, -0.25) is 4.79 Å². The molecular formula is C16H15NO5S. The van der Waals surface area contributed by atoms with Gasteiger partial charge >= 0.3 is 5.97 Å². The molecule has 120 valence electrons. The first-order valence-electron chi connectivity index (χ1n) is 7.14. The molecule has 0 amide bonds. The molecular weight excluding hydrogens is 318 g/mol. The van der Waals surface area contributed by atoms with Crippen LogP contribution in [0.5, 0.6) is 11.5 Å². The van der Waals surface area contributed by atoms with Gasteiger partial charge in [-0.1, -0.05) is 6.07 Å². The number of ether oxygens (including phenoxy) is 3. The van der Waals surface area contributed by atoms with Crippen molar-refractivity contribution >= 4 is 29.5 Å². The number of esters is 1. The molecule has 0 atom stereocenters. The van der Waals surface area contributed by atoms with Gasteiger partial charge in [-0.2, -0.15) is 0 Å². The Morgan fingerprint density at radius 1 is 1.35 bits per heavy atom. The number of carbonyl (C=O) groups excluding carboxylic acids is 1. The molecule has 1 aliphatic heterocycles. The minimum absolute atomic E-state index is 0.250. The third-order valence-corrected chi connectivity index (χ3v) is 4.04. The van der Waals surface area contributed by atoms with Crippen LogP contribution in [0.25, 0.3) is 12.2 Å². The minimum Gasteiger partial charge on any atom is -0.486 e. The highest BCUT2D eigenvalue weighted by Gasteiger charge is 2.11. The molecule has 1 aromatic heterocycles. The number of H-pyrrole nitrogens is 1. The largest absolute Gasteiger partial charge is 0.486 e. The van der Waals surface area contributed by atoms with Gasteiger partial charge in [0.2, 0.25) is 0 Å². The molecule has 0 spiro atoms. The molecule has 1 aromatic carbocycles. The smallest absolute Gasteiger partial charge is 0.333 e. The zero-order chi connectivity index (χ0) is 16.2. The number of rotatable bonds is 3. The molecule has 0 saturated heterocycles. The second kappa shape index (κ2) is 6.70. The van der Waals surface area contributed by atoms with E-state index in [-0.39, 0.29) is 5.56 Å². The lowest BCUT2D eigenvalue weighted by Crippen LogP contribution is -2.20. The molecule has 2 aromatic rings. The van der Waals surface area contributed by atoms with Crippen LogP contribution in [0.4, 0.5) is 0 Å². The third kappa shape index (κ3) is 3.62. The Bertz CT molecular complexity index is 896. The SMILES string of the molecule is CCOC(=O)/C=c1\[nH]c(=O)/c(=C\c2ccc3c(c2)OCCO3)s1. The number of aromatic amines is 1. The predicted octanol–water partition coefficient (Wildman–Crippen LogP) is 0.380. The monoisotopic (exact) mass is 333 g/mol. The maximum Gasteiger partial charge on any atom is 0.333 e. The Hall–Kier alpha value is -2.54. The average Bonchev–Trinajstić information content (AvgIpc) is 2.87. The molecule has 1 aliphatic rings. The van der Waals surface area contributed by atoms with Crippen LogP contribution >= 0.6 is 11.3 Å². The summed E-state index contributed by atoms with van der Waals surface area (Å²) in [7, 11) is 0. The van der Waals surface area contributed by atoms with Crippen LogP contribution in [0.3, 0.4) is 0 Å². The van der Waals surface area contributed by atoms with Gasteiger partial charge in [0.25, 0.3) is 5.56 Å². The maximum absolute atomic E-state index is 12.0. The lowest BCUT2D eigenvalue weighted by Gasteiger charge is -2.18. The minimum atomic E-state index is -0.476. The van der Waals surface area contributed by atoms with Crippen molar-refractivity contribution in [1.82, 2.24) is 4.98 Å². The van der Waals surface area contributed by atoms with E-state index in [4.69, 9.17) is 14.2 Å². The quantitative estimate of drug-likeness (QED) is 0.822. The predicted molar refractivity (Wildman–Crippen MR) is 86.3 cm³/mol. The topological polar surface area (TPSA) is 77.6 Å². The molecule has 0 fully saturated rings. The molecule has 0 aliphatic carbocycles. The standard InChI is InChI=1S/C16H15NO5S/c1-2-20-15(18)9-14-17-16(19)13(23-14)8-10-3-4-11-12(7-10)22-6-5-21-11/h3-4,7-9H,2,5-6H2,1H3,(H,17,19)/b13-8+,14-9+. The fourth-order valence-electron chi connectivity index (χ4n) is 2.12. The van der Waals surface area contributed by atoms with Crippen molar-refractivity contribution in [3.8, 4) is 11.5 Å². The Morgan fingerprint density at radius 2 is 2.13 bits per heavy atom. The second-order valence-electron chi connectivity index (χ2n) is 4.73. The number of benzene rings is 1. The van der Waals surface area contributed by atoms with E-state index in [0.29, 0.717) is 40.5 Å². The number of hydrogen-bond donors (Lipinski definition) is 1. The van der Waals surface area contributed by atoms with E-state index in [1.54, 1.807) is 13.0 Å². The van der Waals surface area contributed by atoms with E-state index in [1.807, 2.05) is 18.2 Å². The summed E-state index contributed by atoms with van der Waals surface area (Å²) in [6, 6.07) is 5.48. The first kappa shape index (κ1) is 15.4. The molecule has 3 rings (SSSR count). The molecule has 6 nitrogen and oxygen atoms in total. The number of aromatic nitrogens is 1. The third-order valence-electron chi connectivity index (χ3n) is 3.08. The van der Waals surface area contributed by atoms with Gasteiger partial charge in [-0.05, 0) is 30.7 Å². The molecule has 0 radical (unpaired) electrons. The number of thiazole rings is 1. The summed E-state index contributed by atoms with van der Waals surface area (Å²) in [6.07, 6.45) is 3.01. The van der Waals surface area contributed by atoms with Gasteiger partial charge in [-0.25, -0.2) is 4.79 Å². The number of carbonyl (C=O) groups is 1. The molecule has 7 heteroatoms. The van der Waals surface area contributed by atoms with E-state index in [9.17, 15) is 9.59 Å². The zero-order valence-electron chi connectivity index (χ0n) is 12.5. The van der Waals surface area contributed by atoms with Crippen LogP contribution in [0.1, 0.15) is 12.5 Å². The first-order valence-corrected chi connectivity index (χ1v) is 7.96. The molecule has 23 heavy (non-hydrogen) atoms. The highest BCUT2D eigenvalue weighted by molar-refractivity contribution is 7.07. The Labute approximate surface area is 135 Å². The highest BCUT2D eigenvalue weighted by Crippen LogP contribution is 2.30. The number of fused-ring (bicyclic) bond motifs is 1. The lowest BCUT2D eigenvalue weighted by atomic mass is 10.2. The maximum atomic E-state index is 12.0. The van der Waals surface area contributed by atoms with Crippen molar-refractivity contribution in [2.24, 2.45) is 0 Å². The van der Waals surface area contributed by atoms with Gasteiger partial charge in [0.05, 0.1) is 17.2 Å². The molecule has 0 unspecified atom stereocenters. The van der Waals surface area contributed by atoms with Crippen molar-refractivity contribution in [2.45, 2.75) is 6.92 Å². The van der Waals surface area contributed by atoms with Gasteiger partial charge in [0.1, 0.15) is 17.9 Å². The molecule has 1 N–H and O–H groups in total.